The summed E-state index contributed by atoms with van der Waals surface area (Å²) in [6.07, 6.45) is 0. The van der Waals surface area contributed by atoms with E-state index in [1.807, 2.05) is 38.1 Å². The molecule has 1 aromatic heterocycles. The number of nitrogens with two attached hydrogens (primary N) is 1. The Bertz CT molecular complexity index is 936. The number of rotatable bonds is 9. The molecule has 0 aliphatic rings. The highest BCUT2D eigenvalue weighted by molar-refractivity contribution is 7.10. The van der Waals surface area contributed by atoms with Crippen LogP contribution in [0, 0.1) is 0 Å². The van der Waals surface area contributed by atoms with Crippen molar-refractivity contribution in [1.29, 1.82) is 0 Å². The third-order valence-electron chi connectivity index (χ3n) is 5.01. The van der Waals surface area contributed by atoms with Gasteiger partial charge in [0.15, 0.2) is 6.54 Å². The Kier molecular flexibility index (Phi) is 7.76. The average Bonchev–Trinajstić information content (AvgIpc) is 3.30. The maximum absolute atomic E-state index is 12.5. The van der Waals surface area contributed by atoms with Crippen molar-refractivity contribution in [2.24, 2.45) is 0 Å². The minimum atomic E-state index is -0.0738. The molecule has 6 heteroatoms. The van der Waals surface area contributed by atoms with Crippen LogP contribution in [0.25, 0.3) is 0 Å². The molecular formula is C24H28N3O2S+. The van der Waals surface area contributed by atoms with Gasteiger partial charge in [-0.25, -0.2) is 0 Å². The van der Waals surface area contributed by atoms with Crippen molar-refractivity contribution < 1.29 is 14.9 Å². The topological polar surface area (TPSA) is 66.0 Å². The van der Waals surface area contributed by atoms with Gasteiger partial charge in [-0.3, -0.25) is 9.59 Å². The Morgan fingerprint density at radius 1 is 0.967 bits per heavy atom. The van der Waals surface area contributed by atoms with Crippen molar-refractivity contribution in [3.05, 3.63) is 88.1 Å². The molecule has 3 aromatic rings. The Balaban J connectivity index is 1.60. The first-order valence-corrected chi connectivity index (χ1v) is 11.1. The van der Waals surface area contributed by atoms with Crippen LogP contribution in [0.3, 0.4) is 0 Å². The fourth-order valence-corrected chi connectivity index (χ4v) is 4.22. The summed E-state index contributed by atoms with van der Waals surface area (Å²) in [6.45, 7) is 5.58. The first-order valence-electron chi connectivity index (χ1n) is 10.2. The van der Waals surface area contributed by atoms with Gasteiger partial charge in [0.25, 0.3) is 11.8 Å². The van der Waals surface area contributed by atoms with Gasteiger partial charge in [0.05, 0.1) is 4.88 Å². The molecule has 30 heavy (non-hydrogen) atoms. The summed E-state index contributed by atoms with van der Waals surface area (Å²) in [5.41, 5.74) is 2.49. The molecule has 3 rings (SSSR count). The van der Waals surface area contributed by atoms with Gasteiger partial charge in [-0.05, 0) is 49.6 Å². The van der Waals surface area contributed by atoms with Gasteiger partial charge in [-0.1, -0.05) is 36.4 Å². The number of hydrogen-bond donors (Lipinski definition) is 2. The van der Waals surface area contributed by atoms with E-state index in [0.717, 1.165) is 0 Å². The quantitative estimate of drug-likeness (QED) is 0.554. The van der Waals surface area contributed by atoms with Gasteiger partial charge in [0.1, 0.15) is 6.04 Å². The van der Waals surface area contributed by atoms with Gasteiger partial charge >= 0.3 is 0 Å². The molecule has 0 saturated carbocycles. The van der Waals surface area contributed by atoms with Crippen LogP contribution in [-0.4, -0.2) is 36.3 Å². The normalized spacial score (nSPS) is 11.7. The third kappa shape index (κ3) is 5.55. The second kappa shape index (κ2) is 10.7. The van der Waals surface area contributed by atoms with E-state index in [1.54, 1.807) is 40.5 Å². The third-order valence-corrected chi connectivity index (χ3v) is 5.97. The monoisotopic (exact) mass is 422 g/mol. The molecular weight excluding hydrogens is 394 g/mol. The van der Waals surface area contributed by atoms with Crippen molar-refractivity contribution in [3.63, 3.8) is 0 Å². The zero-order valence-corrected chi connectivity index (χ0v) is 18.2. The molecule has 1 atom stereocenters. The fraction of sp³-hybridized carbons (Fsp3) is 0.250. The Labute approximate surface area is 181 Å². The summed E-state index contributed by atoms with van der Waals surface area (Å²) in [5, 5.41) is 7.03. The molecule has 5 nitrogen and oxygen atoms in total. The Morgan fingerprint density at radius 3 is 2.27 bits per heavy atom. The van der Waals surface area contributed by atoms with Crippen LogP contribution in [0.2, 0.25) is 0 Å². The van der Waals surface area contributed by atoms with E-state index < -0.39 is 0 Å². The maximum Gasteiger partial charge on any atom is 0.279 e. The lowest BCUT2D eigenvalue weighted by molar-refractivity contribution is -0.675. The second-order valence-corrected chi connectivity index (χ2v) is 7.93. The number of anilines is 1. The number of thiophene rings is 1. The number of amides is 2. The van der Waals surface area contributed by atoms with Gasteiger partial charge in [0.2, 0.25) is 0 Å². The average molecular weight is 423 g/mol. The van der Waals surface area contributed by atoms with Crippen molar-refractivity contribution in [3.8, 4) is 0 Å². The van der Waals surface area contributed by atoms with E-state index in [2.05, 4.69) is 34.2 Å². The molecule has 0 unspecified atom stereocenters. The summed E-state index contributed by atoms with van der Waals surface area (Å²) in [5.74, 6) is -0.0665. The summed E-state index contributed by atoms with van der Waals surface area (Å²) < 4.78 is 0. The molecule has 0 radical (unpaired) electrons. The Morgan fingerprint density at radius 2 is 1.67 bits per heavy atom. The molecule has 3 N–H and O–H groups in total. The number of nitrogens with one attached hydrogen (secondary N) is 1. The summed E-state index contributed by atoms with van der Waals surface area (Å²) in [6, 6.07) is 21.5. The minimum Gasteiger partial charge on any atom is -0.339 e. The smallest absolute Gasteiger partial charge is 0.279 e. The second-order valence-electron chi connectivity index (χ2n) is 6.95. The van der Waals surface area contributed by atoms with E-state index in [0.29, 0.717) is 30.9 Å². The number of carbonyl (C=O) groups is 2. The van der Waals surface area contributed by atoms with Crippen LogP contribution >= 0.6 is 11.3 Å². The van der Waals surface area contributed by atoms with E-state index in [9.17, 15) is 9.59 Å². The van der Waals surface area contributed by atoms with Crippen LogP contribution in [0.4, 0.5) is 5.69 Å². The minimum absolute atomic E-state index is 0.00728. The predicted molar refractivity (Wildman–Crippen MR) is 122 cm³/mol. The van der Waals surface area contributed by atoms with Crippen LogP contribution in [0.1, 0.15) is 40.7 Å². The molecule has 0 aliphatic heterocycles. The van der Waals surface area contributed by atoms with Gasteiger partial charge in [0, 0.05) is 29.9 Å². The number of benzene rings is 2. The standard InChI is InChI=1S/C24H27N3O2S/c1-3-27(4-2)24(29)19-12-14-20(15-13-19)26-22(28)17-25-23(21-11-8-16-30-21)18-9-6-5-7-10-18/h5-16,23,25H,3-4,17H2,1-2H3,(H,26,28)/p+1/t23-/m1/s1. The summed E-state index contributed by atoms with van der Waals surface area (Å²) in [7, 11) is 0. The number of nitrogens with zero attached hydrogens (tertiary/aromatic N) is 1. The summed E-state index contributed by atoms with van der Waals surface area (Å²) in [4.78, 5) is 27.9. The zero-order valence-electron chi connectivity index (χ0n) is 17.4. The number of hydrogen-bond acceptors (Lipinski definition) is 3. The lowest BCUT2D eigenvalue weighted by Gasteiger charge is -2.18. The number of quaternary nitrogens is 1. The maximum atomic E-state index is 12.5. The number of carbonyl (C=O) groups excluding carboxylic acids is 2. The molecule has 1 heterocycles. The van der Waals surface area contributed by atoms with Crippen LogP contribution in [0.5, 0.6) is 0 Å². The largest absolute Gasteiger partial charge is 0.339 e. The van der Waals surface area contributed by atoms with E-state index >= 15 is 0 Å². The molecule has 0 bridgehead atoms. The molecule has 2 aromatic carbocycles. The molecule has 0 fully saturated rings. The first-order chi connectivity index (χ1) is 14.6. The first kappa shape index (κ1) is 21.7. The van der Waals surface area contributed by atoms with E-state index in [-0.39, 0.29) is 17.9 Å². The fourth-order valence-electron chi connectivity index (χ4n) is 3.37. The summed E-state index contributed by atoms with van der Waals surface area (Å²) >= 11 is 1.69. The lowest BCUT2D eigenvalue weighted by atomic mass is 10.1. The Hall–Kier alpha value is -2.96. The molecule has 0 saturated heterocycles. The molecule has 156 valence electrons. The van der Waals surface area contributed by atoms with Crippen molar-refractivity contribution in [1.82, 2.24) is 4.90 Å². The molecule has 0 aliphatic carbocycles. The predicted octanol–water partition coefficient (Wildman–Crippen LogP) is 3.52. The lowest BCUT2D eigenvalue weighted by Crippen LogP contribution is -2.87. The molecule has 0 spiro atoms. The van der Waals surface area contributed by atoms with Crippen molar-refractivity contribution in [2.45, 2.75) is 19.9 Å². The van der Waals surface area contributed by atoms with Crippen molar-refractivity contribution >= 4 is 28.8 Å². The van der Waals surface area contributed by atoms with Gasteiger partial charge in [-0.15, -0.1) is 11.3 Å². The van der Waals surface area contributed by atoms with Crippen LogP contribution in [-0.2, 0) is 4.79 Å². The highest BCUT2D eigenvalue weighted by atomic mass is 32.1. The van der Waals surface area contributed by atoms with Crippen molar-refractivity contribution in [2.75, 3.05) is 25.0 Å². The van der Waals surface area contributed by atoms with E-state index in [4.69, 9.17) is 0 Å². The highest BCUT2D eigenvalue weighted by Gasteiger charge is 2.20. The van der Waals surface area contributed by atoms with Crippen LogP contribution < -0.4 is 10.6 Å². The zero-order chi connectivity index (χ0) is 21.3. The van der Waals surface area contributed by atoms with Gasteiger partial charge < -0.3 is 15.5 Å². The SMILES string of the molecule is CCN(CC)C(=O)c1ccc(NC(=O)C[NH2+][C@H](c2ccccc2)c2cccs2)cc1. The van der Waals surface area contributed by atoms with Crippen LogP contribution in [0.15, 0.2) is 72.1 Å². The van der Waals surface area contributed by atoms with Gasteiger partial charge in [-0.2, -0.15) is 0 Å². The van der Waals surface area contributed by atoms with E-state index in [1.165, 1.54) is 10.4 Å². The molecule has 2 amide bonds. The highest BCUT2D eigenvalue weighted by Crippen LogP contribution is 2.22.